The molecule has 2 atom stereocenters. The van der Waals surface area contributed by atoms with E-state index in [0.717, 1.165) is 43.5 Å². The summed E-state index contributed by atoms with van der Waals surface area (Å²) in [4.78, 5) is 44.9. The van der Waals surface area contributed by atoms with Crippen LogP contribution in [0.3, 0.4) is 0 Å². The first kappa shape index (κ1) is 30.3. The van der Waals surface area contributed by atoms with Gasteiger partial charge in [0.05, 0.1) is 23.0 Å². The molecule has 6 rings (SSSR count). The molecule has 0 aliphatic carbocycles. The van der Waals surface area contributed by atoms with E-state index in [2.05, 4.69) is 26.7 Å². The van der Waals surface area contributed by atoms with Gasteiger partial charge in [-0.2, -0.15) is 0 Å². The lowest BCUT2D eigenvalue weighted by Crippen LogP contribution is -2.35. The zero-order valence-corrected chi connectivity index (χ0v) is 25.4. The van der Waals surface area contributed by atoms with Gasteiger partial charge < -0.3 is 19.7 Å². The fourth-order valence-electron chi connectivity index (χ4n) is 6.32. The average Bonchev–Trinajstić information content (AvgIpc) is 3.65. The first-order valence-electron chi connectivity index (χ1n) is 14.8. The number of rotatable bonds is 7. The van der Waals surface area contributed by atoms with Gasteiger partial charge in [0, 0.05) is 73.7 Å². The van der Waals surface area contributed by atoms with E-state index >= 15 is 0 Å². The van der Waals surface area contributed by atoms with E-state index in [1.54, 1.807) is 16.7 Å². The topological polar surface area (TPSA) is 92.0 Å². The van der Waals surface area contributed by atoms with Crippen molar-refractivity contribution in [3.63, 3.8) is 0 Å². The number of fused-ring (bicyclic) bond motifs is 1. The molecule has 1 fully saturated rings. The van der Waals surface area contributed by atoms with Crippen molar-refractivity contribution in [1.29, 1.82) is 0 Å². The Bertz CT molecular complexity index is 1720. The Labute approximate surface area is 251 Å². The number of hydrogen-bond acceptors (Lipinski definition) is 6. The molecule has 4 aromatic rings. The molecule has 0 spiro atoms. The highest BCUT2D eigenvalue weighted by Gasteiger charge is 2.27. The molecule has 2 aliphatic rings. The number of nitrogens with zero attached hydrogens (tertiary/aromatic N) is 5. The van der Waals surface area contributed by atoms with Crippen molar-refractivity contribution in [3.05, 3.63) is 71.6 Å². The molecule has 10 heteroatoms. The molecule has 2 aliphatic heterocycles. The standard InChI is InChI=1S/C25H23FN4O2.C8H16N2O/c1-15(31)23(24(16(2)32)21-12-27-22-6-4-5-7-30(21)22)20-14-29-9-8-28(3)13-17-10-18(26)11-19(20)25(17)29;1-3-10(6-11)8-4-7(2)9-5-8/h4-7,10-12,14H,8-9,13H2,1-3H3;6-9H,3-5H2,1-2H3/b24-23-;. The van der Waals surface area contributed by atoms with Crippen LogP contribution in [-0.2, 0) is 27.5 Å². The molecule has 9 nitrogen and oxygen atoms in total. The summed E-state index contributed by atoms with van der Waals surface area (Å²) >= 11 is 0. The third-order valence-corrected chi connectivity index (χ3v) is 8.37. The number of allylic oxidation sites excluding steroid dienone is 2. The lowest BCUT2D eigenvalue weighted by molar-refractivity contribution is -0.119. The first-order valence-corrected chi connectivity index (χ1v) is 14.8. The van der Waals surface area contributed by atoms with E-state index in [-0.39, 0.29) is 28.5 Å². The Morgan fingerprint density at radius 3 is 2.58 bits per heavy atom. The second-order valence-electron chi connectivity index (χ2n) is 11.5. The smallest absolute Gasteiger partial charge is 0.209 e. The number of nitrogens with one attached hydrogen (secondary N) is 1. The van der Waals surface area contributed by atoms with Crippen LogP contribution in [0.25, 0.3) is 27.7 Å². The number of imidazole rings is 1. The molecule has 226 valence electrons. The van der Waals surface area contributed by atoms with Crippen LogP contribution in [-0.4, -0.2) is 80.5 Å². The van der Waals surface area contributed by atoms with Crippen molar-refractivity contribution >= 4 is 45.7 Å². The molecule has 3 aromatic heterocycles. The molecule has 2 unspecified atom stereocenters. The quantitative estimate of drug-likeness (QED) is 0.258. The first-order chi connectivity index (χ1) is 20.6. The maximum absolute atomic E-state index is 14.7. The van der Waals surface area contributed by atoms with Crippen LogP contribution in [0.2, 0.25) is 0 Å². The highest BCUT2D eigenvalue weighted by atomic mass is 19.1. The molecule has 0 saturated carbocycles. The minimum absolute atomic E-state index is 0.245. The van der Waals surface area contributed by atoms with Gasteiger partial charge in [-0.3, -0.25) is 18.8 Å². The largest absolute Gasteiger partial charge is 0.345 e. The van der Waals surface area contributed by atoms with Gasteiger partial charge in [-0.05, 0) is 71.0 Å². The lowest BCUT2D eigenvalue weighted by Gasteiger charge is -2.21. The number of aromatic nitrogens is 3. The summed E-state index contributed by atoms with van der Waals surface area (Å²) in [6.07, 6.45) is 7.35. The average molecular weight is 587 g/mol. The molecule has 1 N–H and O–H groups in total. The second kappa shape index (κ2) is 12.6. The zero-order chi connectivity index (χ0) is 30.8. The van der Waals surface area contributed by atoms with Crippen molar-refractivity contribution < 1.29 is 18.8 Å². The zero-order valence-electron chi connectivity index (χ0n) is 25.4. The van der Waals surface area contributed by atoms with Crippen LogP contribution in [0.1, 0.15) is 50.9 Å². The van der Waals surface area contributed by atoms with Crippen molar-refractivity contribution in [2.75, 3.05) is 26.7 Å². The summed E-state index contributed by atoms with van der Waals surface area (Å²) < 4.78 is 18.5. The van der Waals surface area contributed by atoms with Gasteiger partial charge in [-0.25, -0.2) is 9.37 Å². The second-order valence-corrected chi connectivity index (χ2v) is 11.5. The van der Waals surface area contributed by atoms with Crippen molar-refractivity contribution in [1.82, 2.24) is 29.1 Å². The number of hydrogen-bond donors (Lipinski definition) is 1. The Morgan fingerprint density at radius 2 is 1.93 bits per heavy atom. The maximum atomic E-state index is 14.7. The predicted molar refractivity (Wildman–Crippen MR) is 166 cm³/mol. The SMILES string of the molecule is CC(=O)/C(=C(\C(C)=O)c1cnc2ccccn12)c1cn2c3c(cc(F)cc13)CN(C)CC2.CCN(C=O)C1CNC(C)C1. The molecule has 1 aromatic carbocycles. The molecule has 0 radical (unpaired) electrons. The van der Waals surface area contributed by atoms with Gasteiger partial charge in [0.15, 0.2) is 11.6 Å². The third-order valence-electron chi connectivity index (χ3n) is 8.37. The van der Waals surface area contributed by atoms with Crippen LogP contribution in [0.4, 0.5) is 4.39 Å². The highest BCUT2D eigenvalue weighted by molar-refractivity contribution is 6.40. The van der Waals surface area contributed by atoms with E-state index in [4.69, 9.17) is 0 Å². The minimum Gasteiger partial charge on any atom is -0.345 e. The normalized spacial score (nSPS) is 19.0. The Balaban J connectivity index is 0.000000283. The summed E-state index contributed by atoms with van der Waals surface area (Å²) in [5.41, 5.74) is 4.15. The molecule has 0 bridgehead atoms. The Hall–Kier alpha value is -4.15. The number of Topliss-reactive ketones (excluding diaryl/α,β-unsaturated/α-hetero) is 2. The van der Waals surface area contributed by atoms with Crippen molar-refractivity contribution in [2.24, 2.45) is 0 Å². The van der Waals surface area contributed by atoms with Crippen LogP contribution in [0.15, 0.2) is 48.9 Å². The molecular formula is C33H39FN6O3. The van der Waals surface area contributed by atoms with Crippen LogP contribution in [0, 0.1) is 5.82 Å². The van der Waals surface area contributed by atoms with Crippen LogP contribution < -0.4 is 5.32 Å². The molecule has 5 heterocycles. The number of ketones is 2. The van der Waals surface area contributed by atoms with Gasteiger partial charge >= 0.3 is 0 Å². The van der Waals surface area contributed by atoms with Crippen LogP contribution in [0.5, 0.6) is 0 Å². The monoisotopic (exact) mass is 586 g/mol. The highest BCUT2D eigenvalue weighted by Crippen LogP contribution is 2.37. The van der Waals surface area contributed by atoms with E-state index in [0.29, 0.717) is 47.5 Å². The number of amides is 1. The number of carbonyl (C=O) groups excluding carboxylic acids is 3. The lowest BCUT2D eigenvalue weighted by atomic mass is 9.92. The molecular weight excluding hydrogens is 547 g/mol. The third kappa shape index (κ3) is 6.03. The van der Waals surface area contributed by atoms with Gasteiger partial charge in [-0.1, -0.05) is 6.07 Å². The van der Waals surface area contributed by atoms with E-state index in [9.17, 15) is 18.8 Å². The minimum atomic E-state index is -0.358. The summed E-state index contributed by atoms with van der Waals surface area (Å²) in [6, 6.07) is 9.55. The molecule has 1 amide bonds. The fraction of sp³-hybridized carbons (Fsp3) is 0.394. The van der Waals surface area contributed by atoms with Gasteiger partial charge in [0.25, 0.3) is 0 Å². The number of likely N-dealkylation sites (N-methyl/N-ethyl adjacent to an activating group) is 2. The van der Waals surface area contributed by atoms with Crippen molar-refractivity contribution in [3.8, 4) is 0 Å². The van der Waals surface area contributed by atoms with E-state index in [1.807, 2.05) is 49.5 Å². The Kier molecular flexibility index (Phi) is 8.89. The van der Waals surface area contributed by atoms with Gasteiger partial charge in [-0.15, -0.1) is 0 Å². The van der Waals surface area contributed by atoms with Crippen molar-refractivity contribution in [2.45, 2.75) is 59.3 Å². The number of benzene rings is 1. The van der Waals surface area contributed by atoms with E-state index in [1.165, 1.54) is 19.9 Å². The molecule has 43 heavy (non-hydrogen) atoms. The van der Waals surface area contributed by atoms with Crippen LogP contribution >= 0.6 is 0 Å². The predicted octanol–water partition coefficient (Wildman–Crippen LogP) is 4.18. The number of halogens is 1. The Morgan fingerprint density at radius 1 is 1.16 bits per heavy atom. The summed E-state index contributed by atoms with van der Waals surface area (Å²) in [5, 5.41) is 3.96. The summed E-state index contributed by atoms with van der Waals surface area (Å²) in [6.45, 7) is 11.0. The van der Waals surface area contributed by atoms with E-state index < -0.39 is 0 Å². The fourth-order valence-corrected chi connectivity index (χ4v) is 6.32. The van der Waals surface area contributed by atoms with Gasteiger partial charge in [0.1, 0.15) is 11.5 Å². The molecule has 1 saturated heterocycles. The number of pyridine rings is 1. The maximum Gasteiger partial charge on any atom is 0.209 e. The van der Waals surface area contributed by atoms with Gasteiger partial charge in [0.2, 0.25) is 6.41 Å². The summed E-state index contributed by atoms with van der Waals surface area (Å²) in [5.74, 6) is -0.853. The number of carbonyl (C=O) groups is 3. The summed E-state index contributed by atoms with van der Waals surface area (Å²) in [7, 11) is 2.00.